The smallest absolute Gasteiger partial charge is 0.417 e. The van der Waals surface area contributed by atoms with Crippen molar-refractivity contribution in [3.63, 3.8) is 0 Å². The van der Waals surface area contributed by atoms with Gasteiger partial charge in [-0.15, -0.1) is 0 Å². The van der Waals surface area contributed by atoms with Crippen molar-refractivity contribution in [2.24, 2.45) is 0 Å². The van der Waals surface area contributed by atoms with E-state index in [2.05, 4.69) is 10.6 Å². The first-order valence-electron chi connectivity index (χ1n) is 11.8. The van der Waals surface area contributed by atoms with Gasteiger partial charge in [0, 0.05) is 38.0 Å². The molecular weight excluding hydrogens is 527 g/mol. The van der Waals surface area contributed by atoms with E-state index in [0.29, 0.717) is 17.1 Å². The van der Waals surface area contributed by atoms with Gasteiger partial charge in [-0.3, -0.25) is 9.59 Å². The van der Waals surface area contributed by atoms with Gasteiger partial charge in [-0.2, -0.15) is 17.5 Å². The summed E-state index contributed by atoms with van der Waals surface area (Å²) in [6.45, 7) is 1.13. The van der Waals surface area contributed by atoms with Crippen molar-refractivity contribution >= 4 is 21.8 Å². The van der Waals surface area contributed by atoms with Crippen LogP contribution in [0.2, 0.25) is 0 Å². The molecule has 0 bridgehead atoms. The number of benzene rings is 2. The zero-order valence-corrected chi connectivity index (χ0v) is 22.0. The number of hydrogen-bond donors (Lipinski definition) is 2. The van der Waals surface area contributed by atoms with Gasteiger partial charge in [-0.05, 0) is 31.0 Å². The Morgan fingerprint density at radius 3 is 2.29 bits per heavy atom. The van der Waals surface area contributed by atoms with Crippen LogP contribution in [0, 0.1) is 0 Å². The summed E-state index contributed by atoms with van der Waals surface area (Å²) in [5.74, 6) is -0.00600. The molecule has 0 aliphatic carbocycles. The van der Waals surface area contributed by atoms with Crippen LogP contribution in [0.5, 0.6) is 11.5 Å². The highest BCUT2D eigenvalue weighted by atomic mass is 32.2. The maximum Gasteiger partial charge on any atom is 0.417 e. The highest BCUT2D eigenvalue weighted by Crippen LogP contribution is 2.36. The third kappa shape index (κ3) is 6.76. The summed E-state index contributed by atoms with van der Waals surface area (Å²) in [7, 11) is -1.45. The minimum atomic E-state index is -4.82. The number of methoxy groups -OCH3 is 2. The molecule has 1 atom stereocenters. The predicted octanol–water partition coefficient (Wildman–Crippen LogP) is 2.74. The predicted molar refractivity (Wildman–Crippen MR) is 132 cm³/mol. The van der Waals surface area contributed by atoms with Crippen LogP contribution in [-0.2, 0) is 32.2 Å². The van der Waals surface area contributed by atoms with Gasteiger partial charge >= 0.3 is 6.18 Å². The van der Waals surface area contributed by atoms with Gasteiger partial charge in [-0.1, -0.05) is 24.3 Å². The molecule has 13 heteroatoms. The van der Waals surface area contributed by atoms with Crippen LogP contribution >= 0.6 is 0 Å². The first-order chi connectivity index (χ1) is 17.9. The van der Waals surface area contributed by atoms with E-state index in [1.54, 1.807) is 18.2 Å². The van der Waals surface area contributed by atoms with Crippen LogP contribution < -0.4 is 20.1 Å². The van der Waals surface area contributed by atoms with Crippen LogP contribution in [-0.4, -0.2) is 63.9 Å². The number of hydrogen-bond acceptors (Lipinski definition) is 6. The Morgan fingerprint density at radius 2 is 1.71 bits per heavy atom. The van der Waals surface area contributed by atoms with E-state index in [-0.39, 0.29) is 32.4 Å². The molecule has 9 nitrogen and oxygen atoms in total. The van der Waals surface area contributed by atoms with Gasteiger partial charge < -0.3 is 20.1 Å². The summed E-state index contributed by atoms with van der Waals surface area (Å²) in [5.41, 5.74) is -0.591. The molecule has 3 rings (SSSR count). The molecule has 0 radical (unpaired) electrons. The van der Waals surface area contributed by atoms with Crippen molar-refractivity contribution in [2.45, 2.75) is 49.3 Å². The van der Waals surface area contributed by atoms with Crippen LogP contribution in [0.3, 0.4) is 0 Å². The third-order valence-corrected chi connectivity index (χ3v) is 8.17. The fourth-order valence-corrected chi connectivity index (χ4v) is 6.08. The zero-order chi connectivity index (χ0) is 28.1. The Hall–Kier alpha value is -3.32. The standard InChI is InChI=1S/C25H30F3N3O6S/c1-16(32)29-20(15-17-7-6-9-21(36-2)23(17)37-3)24(33)30-18-11-13-31(14-12-18)38(34,35)22-10-5-4-8-19(22)25(26,27)28/h4-10,18,20H,11-15H2,1-3H3,(H,29,32)(H,30,33)/t20-/m1/s1. The van der Waals surface area contributed by atoms with E-state index in [1.165, 1.54) is 27.2 Å². The lowest BCUT2D eigenvalue weighted by Gasteiger charge is -2.33. The average Bonchev–Trinajstić information content (AvgIpc) is 2.87. The minimum absolute atomic E-state index is 0.0754. The molecule has 1 heterocycles. The van der Waals surface area contributed by atoms with E-state index < -0.39 is 50.6 Å². The number of piperidine rings is 1. The van der Waals surface area contributed by atoms with Crippen molar-refractivity contribution in [1.29, 1.82) is 0 Å². The van der Waals surface area contributed by atoms with E-state index in [4.69, 9.17) is 9.47 Å². The zero-order valence-electron chi connectivity index (χ0n) is 21.2. The highest BCUT2D eigenvalue weighted by Gasteiger charge is 2.40. The number of sulfonamides is 1. The maximum absolute atomic E-state index is 13.4. The maximum atomic E-state index is 13.4. The number of para-hydroxylation sites is 1. The quantitative estimate of drug-likeness (QED) is 0.490. The molecule has 2 aromatic carbocycles. The number of alkyl halides is 3. The second-order valence-corrected chi connectivity index (χ2v) is 10.7. The molecule has 0 saturated carbocycles. The van der Waals surface area contributed by atoms with Crippen molar-refractivity contribution in [3.8, 4) is 11.5 Å². The Kier molecular flexibility index (Phi) is 9.26. The van der Waals surface area contributed by atoms with Gasteiger partial charge in [0.25, 0.3) is 0 Å². The molecule has 0 spiro atoms. The normalized spacial score (nSPS) is 15.9. The largest absolute Gasteiger partial charge is 0.493 e. The Morgan fingerprint density at radius 1 is 1.05 bits per heavy atom. The van der Waals surface area contributed by atoms with Gasteiger partial charge in [0.2, 0.25) is 21.8 Å². The lowest BCUT2D eigenvalue weighted by molar-refractivity contribution is -0.140. The van der Waals surface area contributed by atoms with Gasteiger partial charge in [0.1, 0.15) is 6.04 Å². The van der Waals surface area contributed by atoms with Crippen LogP contribution in [0.4, 0.5) is 13.2 Å². The second-order valence-electron chi connectivity index (χ2n) is 8.79. The number of ether oxygens (including phenoxy) is 2. The van der Waals surface area contributed by atoms with Crippen molar-refractivity contribution in [3.05, 3.63) is 53.6 Å². The van der Waals surface area contributed by atoms with E-state index in [0.717, 1.165) is 22.5 Å². The Labute approximate surface area is 219 Å². The molecule has 2 N–H and O–H groups in total. The monoisotopic (exact) mass is 557 g/mol. The van der Waals surface area contributed by atoms with E-state index in [9.17, 15) is 31.2 Å². The topological polar surface area (TPSA) is 114 Å². The number of carbonyl (C=O) groups excluding carboxylic acids is 2. The lowest BCUT2D eigenvalue weighted by Crippen LogP contribution is -2.53. The molecule has 2 aromatic rings. The van der Waals surface area contributed by atoms with Gasteiger partial charge in [0.15, 0.2) is 11.5 Å². The SMILES string of the molecule is COc1cccc(C[C@@H](NC(C)=O)C(=O)NC2CCN(S(=O)(=O)c3ccccc3C(F)(F)F)CC2)c1OC. The highest BCUT2D eigenvalue weighted by molar-refractivity contribution is 7.89. The first kappa shape index (κ1) is 29.2. The molecule has 1 fully saturated rings. The fourth-order valence-electron chi connectivity index (χ4n) is 4.40. The number of nitrogens with zero attached hydrogens (tertiary/aromatic N) is 1. The number of rotatable bonds is 9. The van der Waals surface area contributed by atoms with Gasteiger partial charge in [0.05, 0.1) is 24.7 Å². The summed E-state index contributed by atoms with van der Waals surface area (Å²) >= 11 is 0. The average molecular weight is 558 g/mol. The molecule has 1 saturated heterocycles. The summed E-state index contributed by atoms with van der Waals surface area (Å²) < 4.78 is 77.9. The van der Waals surface area contributed by atoms with Crippen LogP contribution in [0.1, 0.15) is 30.9 Å². The lowest BCUT2D eigenvalue weighted by atomic mass is 10.0. The molecule has 2 amide bonds. The summed E-state index contributed by atoms with van der Waals surface area (Å²) in [4.78, 5) is 24.1. The molecule has 208 valence electrons. The molecule has 1 aliphatic rings. The number of amides is 2. The van der Waals surface area contributed by atoms with Crippen molar-refractivity contribution < 1.29 is 40.7 Å². The Bertz CT molecular complexity index is 1260. The Balaban J connectivity index is 1.70. The minimum Gasteiger partial charge on any atom is -0.493 e. The fraction of sp³-hybridized carbons (Fsp3) is 0.440. The molecule has 1 aliphatic heterocycles. The summed E-state index contributed by atoms with van der Waals surface area (Å²) in [6.07, 6.45) is -4.34. The summed E-state index contributed by atoms with van der Waals surface area (Å²) in [6, 6.07) is 7.84. The summed E-state index contributed by atoms with van der Waals surface area (Å²) in [5, 5.41) is 5.45. The van der Waals surface area contributed by atoms with Gasteiger partial charge in [-0.25, -0.2) is 8.42 Å². The number of carbonyl (C=O) groups is 2. The van der Waals surface area contributed by atoms with Crippen LogP contribution in [0.15, 0.2) is 47.4 Å². The second kappa shape index (κ2) is 12.0. The first-order valence-corrected chi connectivity index (χ1v) is 13.3. The van der Waals surface area contributed by atoms with Crippen molar-refractivity contribution in [1.82, 2.24) is 14.9 Å². The molecule has 0 unspecified atom stereocenters. The number of halogens is 3. The number of nitrogens with one attached hydrogen (secondary N) is 2. The van der Waals surface area contributed by atoms with E-state index >= 15 is 0 Å². The molecular formula is C25H30F3N3O6S. The van der Waals surface area contributed by atoms with Crippen molar-refractivity contribution in [2.75, 3.05) is 27.3 Å². The molecule has 0 aromatic heterocycles. The van der Waals surface area contributed by atoms with E-state index in [1.807, 2.05) is 0 Å². The van der Waals surface area contributed by atoms with Crippen LogP contribution in [0.25, 0.3) is 0 Å². The molecule has 38 heavy (non-hydrogen) atoms. The third-order valence-electron chi connectivity index (χ3n) is 6.21.